The topological polar surface area (TPSA) is 79.5 Å². The standard InChI is InChI=1S/C26H27N3O3S/c1-18(2)32-23-14-12-20(13-15-23)25(31)29-26(33)28-22-10-6-9-21(17-22)27-24(30)16-11-19-7-4-3-5-8-19/h3-10,12-15,17-18H,11,16H2,1-2H3,(H,27,30)(H2,28,29,31,33). The van der Waals surface area contributed by atoms with Gasteiger partial charge < -0.3 is 15.4 Å². The maximum absolute atomic E-state index is 12.4. The summed E-state index contributed by atoms with van der Waals surface area (Å²) in [5, 5.41) is 8.68. The molecule has 170 valence electrons. The van der Waals surface area contributed by atoms with Crippen molar-refractivity contribution < 1.29 is 14.3 Å². The summed E-state index contributed by atoms with van der Waals surface area (Å²) in [5.74, 6) is 0.302. The fraction of sp³-hybridized carbons (Fsp3) is 0.192. The maximum Gasteiger partial charge on any atom is 0.257 e. The highest BCUT2D eigenvalue weighted by atomic mass is 32.1. The van der Waals surface area contributed by atoms with Gasteiger partial charge in [-0.25, -0.2) is 0 Å². The van der Waals surface area contributed by atoms with Crippen LogP contribution in [0.15, 0.2) is 78.9 Å². The Morgan fingerprint density at radius 3 is 2.21 bits per heavy atom. The molecule has 6 nitrogen and oxygen atoms in total. The highest BCUT2D eigenvalue weighted by molar-refractivity contribution is 7.80. The Hall–Kier alpha value is -3.71. The number of aryl methyl sites for hydroxylation is 1. The number of hydrogen-bond acceptors (Lipinski definition) is 4. The van der Waals surface area contributed by atoms with E-state index in [0.29, 0.717) is 35.5 Å². The Balaban J connectivity index is 1.50. The van der Waals surface area contributed by atoms with Gasteiger partial charge in [-0.3, -0.25) is 14.9 Å². The van der Waals surface area contributed by atoms with E-state index in [1.54, 1.807) is 48.5 Å². The van der Waals surface area contributed by atoms with Crippen LogP contribution in [0.4, 0.5) is 11.4 Å². The van der Waals surface area contributed by atoms with E-state index in [-0.39, 0.29) is 23.0 Å². The number of ether oxygens (including phenoxy) is 1. The van der Waals surface area contributed by atoms with Crippen LogP contribution in [-0.2, 0) is 11.2 Å². The number of carbonyl (C=O) groups excluding carboxylic acids is 2. The molecule has 0 aliphatic rings. The molecule has 3 aromatic carbocycles. The minimum Gasteiger partial charge on any atom is -0.491 e. The number of thiocarbonyl (C=S) groups is 1. The predicted molar refractivity (Wildman–Crippen MR) is 136 cm³/mol. The van der Waals surface area contributed by atoms with E-state index >= 15 is 0 Å². The summed E-state index contributed by atoms with van der Waals surface area (Å²) in [6.45, 7) is 3.88. The predicted octanol–water partition coefficient (Wildman–Crippen LogP) is 5.17. The molecule has 0 fully saturated rings. The Kier molecular flexibility index (Phi) is 8.55. The lowest BCUT2D eigenvalue weighted by atomic mass is 10.1. The SMILES string of the molecule is CC(C)Oc1ccc(C(=O)NC(=S)Nc2cccc(NC(=O)CCc3ccccc3)c2)cc1. The van der Waals surface area contributed by atoms with Crippen LogP contribution in [0.3, 0.4) is 0 Å². The molecule has 3 N–H and O–H groups in total. The van der Waals surface area contributed by atoms with E-state index in [1.165, 1.54) is 0 Å². The number of amides is 2. The lowest BCUT2D eigenvalue weighted by molar-refractivity contribution is -0.116. The molecule has 3 aromatic rings. The van der Waals surface area contributed by atoms with Gasteiger partial charge in [-0.15, -0.1) is 0 Å². The number of anilines is 2. The maximum atomic E-state index is 12.4. The molecule has 7 heteroatoms. The first-order valence-corrected chi connectivity index (χ1v) is 11.1. The van der Waals surface area contributed by atoms with Gasteiger partial charge in [-0.05, 0) is 80.5 Å². The molecule has 2 amide bonds. The van der Waals surface area contributed by atoms with Crippen molar-refractivity contribution >= 4 is 40.5 Å². The summed E-state index contributed by atoms with van der Waals surface area (Å²) < 4.78 is 5.59. The second-order valence-electron chi connectivity index (χ2n) is 7.71. The van der Waals surface area contributed by atoms with Crippen molar-refractivity contribution in [1.82, 2.24) is 5.32 Å². The van der Waals surface area contributed by atoms with Crippen molar-refractivity contribution in [3.8, 4) is 5.75 Å². The van der Waals surface area contributed by atoms with E-state index in [0.717, 1.165) is 5.56 Å². The molecular weight excluding hydrogens is 434 g/mol. The highest BCUT2D eigenvalue weighted by Crippen LogP contribution is 2.17. The molecule has 0 unspecified atom stereocenters. The van der Waals surface area contributed by atoms with Crippen molar-refractivity contribution in [3.05, 3.63) is 90.0 Å². The van der Waals surface area contributed by atoms with Gasteiger partial charge in [0, 0.05) is 23.4 Å². The van der Waals surface area contributed by atoms with Crippen LogP contribution >= 0.6 is 12.2 Å². The first kappa shape index (κ1) is 23.9. The van der Waals surface area contributed by atoms with Crippen LogP contribution in [0.1, 0.15) is 36.2 Å². The van der Waals surface area contributed by atoms with Crippen LogP contribution in [0.5, 0.6) is 5.75 Å². The summed E-state index contributed by atoms with van der Waals surface area (Å²) in [4.78, 5) is 24.7. The molecule has 0 saturated carbocycles. The molecule has 0 radical (unpaired) electrons. The number of benzene rings is 3. The lowest BCUT2D eigenvalue weighted by Gasteiger charge is -2.12. The average Bonchev–Trinajstić information content (AvgIpc) is 2.78. The van der Waals surface area contributed by atoms with Crippen molar-refractivity contribution in [2.75, 3.05) is 10.6 Å². The first-order chi connectivity index (χ1) is 15.9. The van der Waals surface area contributed by atoms with E-state index < -0.39 is 0 Å². The van der Waals surface area contributed by atoms with E-state index in [2.05, 4.69) is 16.0 Å². The Morgan fingerprint density at radius 1 is 0.879 bits per heavy atom. The van der Waals surface area contributed by atoms with E-state index in [1.807, 2.05) is 44.2 Å². The number of hydrogen-bond donors (Lipinski definition) is 3. The Bertz CT molecular complexity index is 1100. The molecule has 0 aliphatic carbocycles. The third-order valence-corrected chi connectivity index (χ3v) is 4.81. The lowest BCUT2D eigenvalue weighted by Crippen LogP contribution is -2.34. The van der Waals surface area contributed by atoms with Gasteiger partial charge in [0.2, 0.25) is 5.91 Å². The fourth-order valence-electron chi connectivity index (χ4n) is 3.10. The quantitative estimate of drug-likeness (QED) is 0.403. The van der Waals surface area contributed by atoms with E-state index in [9.17, 15) is 9.59 Å². The fourth-order valence-corrected chi connectivity index (χ4v) is 3.31. The number of carbonyl (C=O) groups is 2. The summed E-state index contributed by atoms with van der Waals surface area (Å²) in [6.07, 6.45) is 1.12. The minimum absolute atomic E-state index is 0.0610. The number of rotatable bonds is 8. The third kappa shape index (κ3) is 8.05. The van der Waals surface area contributed by atoms with Gasteiger partial charge in [-0.1, -0.05) is 36.4 Å². The highest BCUT2D eigenvalue weighted by Gasteiger charge is 2.10. The molecule has 0 heterocycles. The summed E-state index contributed by atoms with van der Waals surface area (Å²) in [5.41, 5.74) is 2.88. The van der Waals surface area contributed by atoms with Gasteiger partial charge in [0.1, 0.15) is 5.75 Å². The van der Waals surface area contributed by atoms with Gasteiger partial charge in [-0.2, -0.15) is 0 Å². The summed E-state index contributed by atoms with van der Waals surface area (Å²) in [6, 6.07) is 23.9. The molecule has 3 rings (SSSR count). The van der Waals surface area contributed by atoms with Crippen molar-refractivity contribution in [3.63, 3.8) is 0 Å². The van der Waals surface area contributed by atoms with Gasteiger partial charge in [0.25, 0.3) is 5.91 Å². The monoisotopic (exact) mass is 461 g/mol. The smallest absolute Gasteiger partial charge is 0.257 e. The van der Waals surface area contributed by atoms with Crippen molar-refractivity contribution in [1.29, 1.82) is 0 Å². The van der Waals surface area contributed by atoms with Crippen molar-refractivity contribution in [2.24, 2.45) is 0 Å². The molecule has 0 saturated heterocycles. The third-order valence-electron chi connectivity index (χ3n) is 4.60. The number of nitrogens with one attached hydrogen (secondary N) is 3. The van der Waals surface area contributed by atoms with Gasteiger partial charge >= 0.3 is 0 Å². The van der Waals surface area contributed by atoms with Crippen LogP contribution in [0, 0.1) is 0 Å². The summed E-state index contributed by atoms with van der Waals surface area (Å²) in [7, 11) is 0. The first-order valence-electron chi connectivity index (χ1n) is 10.7. The van der Waals surface area contributed by atoms with Gasteiger partial charge in [0.15, 0.2) is 5.11 Å². The Morgan fingerprint density at radius 2 is 1.55 bits per heavy atom. The molecule has 0 spiro atoms. The molecule has 0 atom stereocenters. The van der Waals surface area contributed by atoms with Crippen LogP contribution in [-0.4, -0.2) is 23.0 Å². The molecule has 0 aromatic heterocycles. The molecular formula is C26H27N3O3S. The molecule has 0 bridgehead atoms. The van der Waals surface area contributed by atoms with Crippen LogP contribution < -0.4 is 20.7 Å². The largest absolute Gasteiger partial charge is 0.491 e. The minimum atomic E-state index is -0.325. The molecule has 33 heavy (non-hydrogen) atoms. The second kappa shape index (κ2) is 11.8. The zero-order valence-corrected chi connectivity index (χ0v) is 19.4. The zero-order chi connectivity index (χ0) is 23.6. The van der Waals surface area contributed by atoms with Crippen LogP contribution in [0.2, 0.25) is 0 Å². The normalized spacial score (nSPS) is 10.4. The zero-order valence-electron chi connectivity index (χ0n) is 18.6. The molecule has 0 aliphatic heterocycles. The van der Waals surface area contributed by atoms with Gasteiger partial charge in [0.05, 0.1) is 6.10 Å². The van der Waals surface area contributed by atoms with Crippen molar-refractivity contribution in [2.45, 2.75) is 32.8 Å². The second-order valence-corrected chi connectivity index (χ2v) is 8.12. The Labute approximate surface area is 199 Å². The van der Waals surface area contributed by atoms with E-state index in [4.69, 9.17) is 17.0 Å². The summed E-state index contributed by atoms with van der Waals surface area (Å²) >= 11 is 5.27. The average molecular weight is 462 g/mol. The van der Waals surface area contributed by atoms with Crippen LogP contribution in [0.25, 0.3) is 0 Å².